The fourth-order valence-electron chi connectivity index (χ4n) is 1.33. The Labute approximate surface area is 119 Å². The number of ether oxygens (including phenoxy) is 1. The normalized spacial score (nSPS) is 9.31. The summed E-state index contributed by atoms with van der Waals surface area (Å²) in [7, 11) is 1.61. The molecule has 0 saturated carbocycles. The van der Waals surface area contributed by atoms with E-state index in [9.17, 15) is 4.79 Å². The first-order valence-electron chi connectivity index (χ1n) is 4.54. The van der Waals surface area contributed by atoms with Gasteiger partial charge in [0.15, 0.2) is 5.56 Å². The van der Waals surface area contributed by atoms with Crippen LogP contribution in [0.25, 0.3) is 5.69 Å². The first-order valence-corrected chi connectivity index (χ1v) is 4.54. The summed E-state index contributed by atoms with van der Waals surface area (Å²) < 4.78 is 6.57. The average molecular weight is 289 g/mol. The molecule has 0 saturated heterocycles. The summed E-state index contributed by atoms with van der Waals surface area (Å²) in [5, 5.41) is 0. The molecule has 1 heterocycles. The fourth-order valence-corrected chi connectivity index (χ4v) is 1.33. The molecule has 1 aromatic carbocycles. The summed E-state index contributed by atoms with van der Waals surface area (Å²) in [5.41, 5.74) is 0.733. The molecule has 0 aliphatic carbocycles. The minimum Gasteiger partial charge on any atom is -0.497 e. The van der Waals surface area contributed by atoms with E-state index in [-0.39, 0.29) is 38.3 Å². The molecule has 1 aromatic heterocycles. The number of aromatic nitrogens is 1. The SMILES string of the molecule is COc1ccc(-n2c[c-]ccc2=O)cc1.[Y]. The van der Waals surface area contributed by atoms with Gasteiger partial charge in [-0.2, -0.15) is 0 Å². The largest absolute Gasteiger partial charge is 0.497 e. The Balaban J connectivity index is 0.00000128. The monoisotopic (exact) mass is 289 g/mol. The third-order valence-corrected chi connectivity index (χ3v) is 2.11. The van der Waals surface area contributed by atoms with Gasteiger partial charge >= 0.3 is 0 Å². The summed E-state index contributed by atoms with van der Waals surface area (Å²) in [6, 6.07) is 13.2. The molecule has 3 nitrogen and oxygen atoms in total. The first kappa shape index (κ1) is 13.1. The number of benzene rings is 1. The molecule has 0 N–H and O–H groups in total. The fraction of sp³-hybridized carbons (Fsp3) is 0.0833. The van der Waals surface area contributed by atoms with E-state index < -0.39 is 0 Å². The van der Waals surface area contributed by atoms with Gasteiger partial charge in [-0.25, -0.2) is 12.1 Å². The molecule has 0 unspecified atom stereocenters. The Bertz CT molecular complexity index is 505. The maximum atomic E-state index is 11.5. The Kier molecular flexibility index (Phi) is 4.90. The number of pyridine rings is 1. The Morgan fingerprint density at radius 1 is 1.19 bits per heavy atom. The van der Waals surface area contributed by atoms with Crippen molar-refractivity contribution in [3.05, 3.63) is 59.0 Å². The Morgan fingerprint density at radius 3 is 2.44 bits per heavy atom. The number of nitrogens with zero attached hydrogens (tertiary/aromatic N) is 1. The molecule has 2 aromatic rings. The van der Waals surface area contributed by atoms with E-state index in [4.69, 9.17) is 4.74 Å². The topological polar surface area (TPSA) is 31.2 Å². The summed E-state index contributed by atoms with van der Waals surface area (Å²) in [6.07, 6.45) is 1.62. The molecule has 4 heteroatoms. The van der Waals surface area contributed by atoms with Crippen molar-refractivity contribution < 1.29 is 37.4 Å². The van der Waals surface area contributed by atoms with Crippen LogP contribution >= 0.6 is 0 Å². The van der Waals surface area contributed by atoms with Crippen molar-refractivity contribution in [2.24, 2.45) is 0 Å². The number of hydrogen-bond acceptors (Lipinski definition) is 2. The van der Waals surface area contributed by atoms with Crippen LogP contribution in [-0.4, -0.2) is 11.7 Å². The van der Waals surface area contributed by atoms with Gasteiger partial charge in [-0.1, -0.05) is 6.20 Å². The average Bonchev–Trinajstić information content (AvgIpc) is 2.30. The van der Waals surface area contributed by atoms with Crippen LogP contribution in [0.4, 0.5) is 0 Å². The van der Waals surface area contributed by atoms with Crippen molar-refractivity contribution in [3.8, 4) is 11.4 Å². The van der Waals surface area contributed by atoms with Crippen LogP contribution in [0.3, 0.4) is 0 Å². The molecule has 0 aliphatic heterocycles. The van der Waals surface area contributed by atoms with Gasteiger partial charge in [0.2, 0.25) is 0 Å². The second-order valence-electron chi connectivity index (χ2n) is 3.04. The van der Waals surface area contributed by atoms with Gasteiger partial charge in [0, 0.05) is 38.4 Å². The zero-order valence-electron chi connectivity index (χ0n) is 8.88. The van der Waals surface area contributed by atoms with E-state index >= 15 is 0 Å². The molecule has 1 radical (unpaired) electrons. The van der Waals surface area contributed by atoms with Crippen molar-refractivity contribution >= 4 is 0 Å². The number of methoxy groups -OCH3 is 1. The second-order valence-corrected chi connectivity index (χ2v) is 3.04. The predicted molar refractivity (Wildman–Crippen MR) is 57.4 cm³/mol. The molecule has 0 bridgehead atoms. The van der Waals surface area contributed by atoms with Crippen LogP contribution < -0.4 is 10.3 Å². The van der Waals surface area contributed by atoms with Gasteiger partial charge in [0.05, 0.1) is 7.11 Å². The zero-order valence-corrected chi connectivity index (χ0v) is 11.7. The maximum absolute atomic E-state index is 11.5. The van der Waals surface area contributed by atoms with Gasteiger partial charge in [-0.05, 0) is 24.3 Å². The van der Waals surface area contributed by atoms with Crippen molar-refractivity contribution in [3.63, 3.8) is 0 Å². The van der Waals surface area contributed by atoms with E-state index in [0.29, 0.717) is 0 Å². The van der Waals surface area contributed by atoms with E-state index in [1.54, 1.807) is 19.4 Å². The third-order valence-electron chi connectivity index (χ3n) is 2.11. The van der Waals surface area contributed by atoms with E-state index in [1.807, 2.05) is 24.3 Å². The van der Waals surface area contributed by atoms with Crippen LogP contribution in [0.5, 0.6) is 5.75 Å². The van der Waals surface area contributed by atoms with Gasteiger partial charge in [-0.15, -0.1) is 6.07 Å². The van der Waals surface area contributed by atoms with Crippen LogP contribution in [0.2, 0.25) is 0 Å². The smallest absolute Gasteiger partial charge is 0.172 e. The quantitative estimate of drug-likeness (QED) is 0.787. The Morgan fingerprint density at radius 2 is 1.88 bits per heavy atom. The van der Waals surface area contributed by atoms with Crippen molar-refractivity contribution in [2.75, 3.05) is 7.11 Å². The molecular formula is C12H10NO2Y-. The molecule has 0 aliphatic rings. The molecule has 0 amide bonds. The summed E-state index contributed by atoms with van der Waals surface area (Å²) in [4.78, 5) is 11.5. The van der Waals surface area contributed by atoms with Gasteiger partial charge in [0.25, 0.3) is 0 Å². The van der Waals surface area contributed by atoms with E-state index in [1.165, 1.54) is 10.6 Å². The molecule has 2 rings (SSSR count). The van der Waals surface area contributed by atoms with Crippen LogP contribution in [0, 0.1) is 6.07 Å². The van der Waals surface area contributed by atoms with Gasteiger partial charge < -0.3 is 9.30 Å². The van der Waals surface area contributed by atoms with Crippen molar-refractivity contribution in [2.45, 2.75) is 0 Å². The third kappa shape index (κ3) is 2.80. The van der Waals surface area contributed by atoms with E-state index in [0.717, 1.165) is 11.4 Å². The summed E-state index contributed by atoms with van der Waals surface area (Å²) in [6.45, 7) is 0. The molecule has 0 fully saturated rings. The van der Waals surface area contributed by atoms with Crippen LogP contribution in [0.1, 0.15) is 0 Å². The molecule has 16 heavy (non-hydrogen) atoms. The molecule has 0 atom stereocenters. The first-order chi connectivity index (χ1) is 7.31. The number of hydrogen-bond donors (Lipinski definition) is 0. The summed E-state index contributed by atoms with van der Waals surface area (Å²) in [5.74, 6) is 0.770. The van der Waals surface area contributed by atoms with Gasteiger partial charge in [-0.3, -0.25) is 4.79 Å². The zero-order chi connectivity index (χ0) is 10.7. The van der Waals surface area contributed by atoms with E-state index in [2.05, 4.69) is 6.07 Å². The minimum absolute atomic E-state index is 0. The molecular weight excluding hydrogens is 279 g/mol. The predicted octanol–water partition coefficient (Wildman–Crippen LogP) is 1.64. The Hall–Kier alpha value is -0.926. The van der Waals surface area contributed by atoms with Crippen molar-refractivity contribution in [1.29, 1.82) is 0 Å². The minimum atomic E-state index is -0.0704. The molecule has 79 valence electrons. The van der Waals surface area contributed by atoms with Crippen LogP contribution in [0.15, 0.2) is 47.4 Å². The standard InChI is InChI=1S/C12H10NO2.Y/c1-15-11-7-5-10(6-8-11)13-9-3-2-4-12(13)14;/h2,4-9H,1H3;/q-1;. The second kappa shape index (κ2) is 5.97. The van der Waals surface area contributed by atoms with Crippen LogP contribution in [-0.2, 0) is 32.7 Å². The summed E-state index contributed by atoms with van der Waals surface area (Å²) >= 11 is 0. The maximum Gasteiger partial charge on any atom is 0.172 e. The van der Waals surface area contributed by atoms with Crippen molar-refractivity contribution in [1.82, 2.24) is 4.57 Å². The number of rotatable bonds is 2. The molecule has 0 spiro atoms. The van der Waals surface area contributed by atoms with Gasteiger partial charge in [0.1, 0.15) is 5.75 Å².